The van der Waals surface area contributed by atoms with Crippen LogP contribution in [0.25, 0.3) is 0 Å². The molecule has 0 aromatic heterocycles. The van der Waals surface area contributed by atoms with Crippen LogP contribution in [0.5, 0.6) is 0 Å². The Kier molecular flexibility index (Phi) is 5.53. The molecular formula is C26H32N4O2. The van der Waals surface area contributed by atoms with Crippen molar-refractivity contribution in [2.45, 2.75) is 39.3 Å². The highest BCUT2D eigenvalue weighted by Crippen LogP contribution is 2.36. The monoisotopic (exact) mass is 432 g/mol. The summed E-state index contributed by atoms with van der Waals surface area (Å²) in [4.78, 5) is 35.1. The lowest BCUT2D eigenvalue weighted by atomic mass is 9.97. The lowest BCUT2D eigenvalue weighted by molar-refractivity contribution is 0.0581. The van der Waals surface area contributed by atoms with E-state index in [2.05, 4.69) is 47.9 Å². The predicted octanol–water partition coefficient (Wildman–Crippen LogP) is 3.75. The minimum atomic E-state index is 0.0619. The summed E-state index contributed by atoms with van der Waals surface area (Å²) >= 11 is 0. The molecule has 0 radical (unpaired) electrons. The van der Waals surface area contributed by atoms with Gasteiger partial charge in [-0.05, 0) is 62.9 Å². The number of anilines is 2. The summed E-state index contributed by atoms with van der Waals surface area (Å²) in [6, 6.07) is 14.1. The zero-order valence-corrected chi connectivity index (χ0v) is 19.1. The fourth-order valence-corrected chi connectivity index (χ4v) is 5.51. The fourth-order valence-electron chi connectivity index (χ4n) is 5.51. The lowest BCUT2D eigenvalue weighted by Crippen LogP contribution is -2.57. The number of hydrogen-bond acceptors (Lipinski definition) is 4. The van der Waals surface area contributed by atoms with E-state index in [0.29, 0.717) is 18.7 Å². The van der Waals surface area contributed by atoms with Crippen LogP contribution >= 0.6 is 0 Å². The number of benzene rings is 2. The van der Waals surface area contributed by atoms with Gasteiger partial charge in [-0.25, -0.2) is 0 Å². The number of fused-ring (bicyclic) bond motifs is 2. The second-order valence-corrected chi connectivity index (χ2v) is 9.06. The largest absolute Gasteiger partial charge is 0.368 e. The summed E-state index contributed by atoms with van der Waals surface area (Å²) < 4.78 is 0. The molecule has 6 heteroatoms. The van der Waals surface area contributed by atoms with Crippen molar-refractivity contribution in [1.82, 2.24) is 9.80 Å². The number of rotatable bonds is 3. The average Bonchev–Trinajstić information content (AvgIpc) is 2.84. The Morgan fingerprint density at radius 3 is 2.50 bits per heavy atom. The van der Waals surface area contributed by atoms with E-state index in [9.17, 15) is 9.59 Å². The highest BCUT2D eigenvalue weighted by atomic mass is 16.2. The first-order valence-electron chi connectivity index (χ1n) is 11.9. The van der Waals surface area contributed by atoms with Gasteiger partial charge in [-0.3, -0.25) is 9.59 Å². The van der Waals surface area contributed by atoms with Crippen molar-refractivity contribution in [2.75, 3.05) is 49.1 Å². The van der Waals surface area contributed by atoms with Crippen LogP contribution in [0.15, 0.2) is 42.5 Å². The first-order chi connectivity index (χ1) is 15.6. The van der Waals surface area contributed by atoms with Gasteiger partial charge in [0, 0.05) is 50.5 Å². The molecule has 2 saturated heterocycles. The molecule has 2 amide bonds. The molecule has 5 rings (SSSR count). The molecule has 0 N–H and O–H groups in total. The van der Waals surface area contributed by atoms with Crippen molar-refractivity contribution in [3.05, 3.63) is 59.2 Å². The van der Waals surface area contributed by atoms with Crippen LogP contribution in [-0.2, 0) is 0 Å². The van der Waals surface area contributed by atoms with Crippen LogP contribution in [0, 0.1) is 6.92 Å². The highest BCUT2D eigenvalue weighted by Gasteiger charge is 2.38. The second-order valence-electron chi connectivity index (χ2n) is 9.06. The molecule has 3 aliphatic rings. The fraction of sp³-hybridized carbons (Fsp3) is 0.462. The molecule has 2 aromatic rings. The van der Waals surface area contributed by atoms with Crippen LogP contribution < -0.4 is 9.80 Å². The Balaban J connectivity index is 1.35. The lowest BCUT2D eigenvalue weighted by Gasteiger charge is -2.47. The van der Waals surface area contributed by atoms with E-state index in [1.807, 2.05) is 28.0 Å². The van der Waals surface area contributed by atoms with Crippen molar-refractivity contribution in [1.29, 1.82) is 0 Å². The second kappa shape index (κ2) is 8.49. The van der Waals surface area contributed by atoms with Gasteiger partial charge >= 0.3 is 0 Å². The van der Waals surface area contributed by atoms with E-state index in [4.69, 9.17) is 0 Å². The Morgan fingerprint density at radius 2 is 1.75 bits per heavy atom. The molecule has 0 bridgehead atoms. The van der Waals surface area contributed by atoms with Crippen LogP contribution in [0.4, 0.5) is 11.4 Å². The zero-order chi connectivity index (χ0) is 22.2. The van der Waals surface area contributed by atoms with Crippen molar-refractivity contribution in [3.63, 3.8) is 0 Å². The van der Waals surface area contributed by atoms with Crippen molar-refractivity contribution < 1.29 is 9.59 Å². The summed E-state index contributed by atoms with van der Waals surface area (Å²) in [5.41, 5.74) is 4.85. The standard InChI is InChI=1S/C26H32N4O2/c1-3-29-23-18-20(11-12-21(23)26(32)30-13-7-6-10-24(29)30)25(31)28-16-14-27(15-17-28)22-9-5-4-8-19(22)2/h4-5,8-9,11-12,18,24H,3,6-7,10,13-17H2,1-2H3. The van der Waals surface area contributed by atoms with Crippen molar-refractivity contribution in [3.8, 4) is 0 Å². The van der Waals surface area contributed by atoms with Gasteiger partial charge in [0.1, 0.15) is 6.17 Å². The molecule has 0 spiro atoms. The maximum atomic E-state index is 13.3. The molecule has 3 heterocycles. The quantitative estimate of drug-likeness (QED) is 0.741. The molecule has 2 aromatic carbocycles. The number of piperazine rings is 1. The third-order valence-electron chi connectivity index (χ3n) is 7.24. The number of hydrogen-bond donors (Lipinski definition) is 0. The summed E-state index contributed by atoms with van der Waals surface area (Å²) in [6.07, 6.45) is 3.33. The van der Waals surface area contributed by atoms with Gasteiger partial charge in [0.05, 0.1) is 11.3 Å². The molecule has 1 unspecified atom stereocenters. The number of nitrogens with zero attached hydrogens (tertiary/aromatic N) is 4. The number of carbonyl (C=O) groups excluding carboxylic acids is 2. The summed E-state index contributed by atoms with van der Waals surface area (Å²) in [6.45, 7) is 8.99. The topological polar surface area (TPSA) is 47.1 Å². The van der Waals surface area contributed by atoms with Crippen LogP contribution in [0.1, 0.15) is 52.5 Å². The van der Waals surface area contributed by atoms with Gasteiger partial charge in [0.25, 0.3) is 11.8 Å². The Morgan fingerprint density at radius 1 is 0.969 bits per heavy atom. The summed E-state index contributed by atoms with van der Waals surface area (Å²) in [7, 11) is 0. The minimum absolute atomic E-state index is 0.0619. The SMILES string of the molecule is CCN1c2cc(C(=O)N3CCN(c4ccccc4C)CC3)ccc2C(=O)N2CCCCC21. The van der Waals surface area contributed by atoms with Crippen molar-refractivity contribution in [2.24, 2.45) is 0 Å². The summed E-state index contributed by atoms with van der Waals surface area (Å²) in [5, 5.41) is 0. The average molecular weight is 433 g/mol. The van der Waals surface area contributed by atoms with E-state index >= 15 is 0 Å². The molecule has 3 aliphatic heterocycles. The van der Waals surface area contributed by atoms with E-state index < -0.39 is 0 Å². The van der Waals surface area contributed by atoms with Gasteiger partial charge in [-0.2, -0.15) is 0 Å². The smallest absolute Gasteiger partial charge is 0.257 e. The minimum Gasteiger partial charge on any atom is -0.368 e. The van der Waals surface area contributed by atoms with Crippen LogP contribution in [0.2, 0.25) is 0 Å². The van der Waals surface area contributed by atoms with Gasteiger partial charge in [-0.1, -0.05) is 18.2 Å². The van der Waals surface area contributed by atoms with Crippen molar-refractivity contribution >= 4 is 23.2 Å². The van der Waals surface area contributed by atoms with E-state index in [1.165, 1.54) is 11.3 Å². The molecule has 1 atom stereocenters. The van der Waals surface area contributed by atoms with Crippen LogP contribution in [0.3, 0.4) is 0 Å². The molecule has 0 aliphatic carbocycles. The zero-order valence-electron chi connectivity index (χ0n) is 19.1. The summed E-state index contributed by atoms with van der Waals surface area (Å²) in [5.74, 6) is 0.173. The number of aryl methyl sites for hydroxylation is 1. The van der Waals surface area contributed by atoms with E-state index in [0.717, 1.165) is 56.7 Å². The molecular weight excluding hydrogens is 400 g/mol. The van der Waals surface area contributed by atoms with E-state index in [-0.39, 0.29) is 18.0 Å². The van der Waals surface area contributed by atoms with E-state index in [1.54, 1.807) is 0 Å². The molecule has 6 nitrogen and oxygen atoms in total. The number of para-hydroxylation sites is 1. The predicted molar refractivity (Wildman–Crippen MR) is 127 cm³/mol. The first kappa shape index (κ1) is 20.9. The first-order valence-corrected chi connectivity index (χ1v) is 11.9. The molecule has 32 heavy (non-hydrogen) atoms. The third-order valence-corrected chi connectivity index (χ3v) is 7.24. The van der Waals surface area contributed by atoms with Crippen LogP contribution in [-0.4, -0.2) is 67.0 Å². The van der Waals surface area contributed by atoms with Gasteiger partial charge in [0.2, 0.25) is 0 Å². The molecule has 168 valence electrons. The third kappa shape index (κ3) is 3.51. The normalized spacial score (nSPS) is 20.8. The van der Waals surface area contributed by atoms with Gasteiger partial charge in [0.15, 0.2) is 0 Å². The molecule has 0 saturated carbocycles. The maximum Gasteiger partial charge on any atom is 0.257 e. The maximum absolute atomic E-state index is 13.3. The number of amides is 2. The number of piperidine rings is 1. The van der Waals surface area contributed by atoms with Gasteiger partial charge in [-0.15, -0.1) is 0 Å². The Labute approximate surface area is 190 Å². The number of carbonyl (C=O) groups is 2. The van der Waals surface area contributed by atoms with Gasteiger partial charge < -0.3 is 19.6 Å². The Bertz CT molecular complexity index is 1030. The highest BCUT2D eigenvalue weighted by molar-refractivity contribution is 6.04. The molecule has 2 fully saturated rings. The Hall–Kier alpha value is -3.02.